The Kier molecular flexibility index (Phi) is 2.35. The molecule has 0 bridgehead atoms. The number of carboxylic acids is 1. The van der Waals surface area contributed by atoms with Crippen molar-refractivity contribution >= 4 is 11.7 Å². The van der Waals surface area contributed by atoms with Crippen LogP contribution in [0.5, 0.6) is 0 Å². The lowest BCUT2D eigenvalue weighted by molar-refractivity contribution is -0.144. The molecule has 4 nitrogen and oxygen atoms in total. The maximum Gasteiger partial charge on any atom is 0.307 e. The first kappa shape index (κ1) is 9.03. The van der Waals surface area contributed by atoms with E-state index < -0.39 is 11.6 Å². The summed E-state index contributed by atoms with van der Waals surface area (Å²) in [5, 5.41) is 12.4. The fraction of sp³-hybridized carbons (Fsp3) is 0.750. The molecule has 68 valence electrons. The summed E-state index contributed by atoms with van der Waals surface area (Å²) in [5.41, 5.74) is 0.300. The molecule has 0 spiro atoms. The van der Waals surface area contributed by atoms with Crippen LogP contribution in [0.4, 0.5) is 0 Å². The molecule has 1 aliphatic rings. The van der Waals surface area contributed by atoms with Crippen molar-refractivity contribution in [3.63, 3.8) is 0 Å². The molecule has 1 rings (SSSR count). The highest BCUT2D eigenvalue weighted by Gasteiger charge is 2.38. The van der Waals surface area contributed by atoms with Crippen molar-refractivity contribution in [3.8, 4) is 0 Å². The molecule has 1 heterocycles. The van der Waals surface area contributed by atoms with Gasteiger partial charge in [0.2, 0.25) is 0 Å². The maximum absolute atomic E-state index is 10.5. The van der Waals surface area contributed by atoms with E-state index >= 15 is 0 Å². The molecular weight excluding hydrogens is 158 g/mol. The van der Waals surface area contributed by atoms with Gasteiger partial charge in [0.1, 0.15) is 0 Å². The fourth-order valence-corrected chi connectivity index (χ4v) is 1.39. The van der Waals surface area contributed by atoms with Crippen molar-refractivity contribution in [2.75, 3.05) is 0 Å². The van der Waals surface area contributed by atoms with Crippen molar-refractivity contribution in [1.29, 1.82) is 0 Å². The van der Waals surface area contributed by atoms with Crippen LogP contribution in [0.2, 0.25) is 0 Å². The van der Waals surface area contributed by atoms with Crippen LogP contribution in [-0.4, -0.2) is 22.4 Å². The van der Waals surface area contributed by atoms with E-state index in [0.29, 0.717) is 12.8 Å². The zero-order valence-electron chi connectivity index (χ0n) is 7.33. The van der Waals surface area contributed by atoms with Crippen molar-refractivity contribution < 1.29 is 14.7 Å². The third kappa shape index (κ3) is 1.75. The molecule has 1 atom stereocenters. The van der Waals surface area contributed by atoms with Gasteiger partial charge in [0.25, 0.3) is 0 Å². The van der Waals surface area contributed by atoms with Crippen molar-refractivity contribution in [2.45, 2.75) is 38.7 Å². The van der Waals surface area contributed by atoms with E-state index in [1.807, 2.05) is 13.8 Å². The SMILES string of the molecule is CCC1(CC(=O)O)CC(C)=NO1. The Morgan fingerprint density at radius 3 is 2.83 bits per heavy atom. The minimum atomic E-state index is -0.832. The van der Waals surface area contributed by atoms with Crippen LogP contribution in [0.3, 0.4) is 0 Å². The van der Waals surface area contributed by atoms with Gasteiger partial charge in [0, 0.05) is 6.42 Å². The lowest BCUT2D eigenvalue weighted by Gasteiger charge is -2.22. The molecule has 0 aromatic heterocycles. The summed E-state index contributed by atoms with van der Waals surface area (Å²) < 4.78 is 0. The van der Waals surface area contributed by atoms with E-state index in [-0.39, 0.29) is 6.42 Å². The Morgan fingerprint density at radius 1 is 1.83 bits per heavy atom. The molecule has 0 fully saturated rings. The minimum absolute atomic E-state index is 0.0321. The quantitative estimate of drug-likeness (QED) is 0.698. The molecule has 0 radical (unpaired) electrons. The van der Waals surface area contributed by atoms with Gasteiger partial charge in [-0.2, -0.15) is 0 Å². The van der Waals surface area contributed by atoms with Crippen LogP contribution in [0.15, 0.2) is 5.16 Å². The highest BCUT2D eigenvalue weighted by atomic mass is 16.7. The summed E-state index contributed by atoms with van der Waals surface area (Å²) in [7, 11) is 0. The van der Waals surface area contributed by atoms with E-state index in [4.69, 9.17) is 9.94 Å². The molecule has 0 aliphatic carbocycles. The van der Waals surface area contributed by atoms with Crippen LogP contribution < -0.4 is 0 Å². The summed E-state index contributed by atoms with van der Waals surface area (Å²) in [6, 6.07) is 0. The number of carboxylic acid groups (broad SMARTS) is 1. The molecule has 0 aromatic rings. The number of oxime groups is 1. The van der Waals surface area contributed by atoms with Gasteiger partial charge < -0.3 is 9.94 Å². The summed E-state index contributed by atoms with van der Waals surface area (Å²) in [5.74, 6) is -0.832. The zero-order valence-corrected chi connectivity index (χ0v) is 7.33. The van der Waals surface area contributed by atoms with E-state index in [1.165, 1.54) is 0 Å². The van der Waals surface area contributed by atoms with E-state index in [9.17, 15) is 4.79 Å². The second-order valence-corrected chi connectivity index (χ2v) is 3.20. The van der Waals surface area contributed by atoms with Crippen molar-refractivity contribution in [2.24, 2.45) is 5.16 Å². The van der Waals surface area contributed by atoms with Crippen LogP contribution in [-0.2, 0) is 9.63 Å². The molecule has 0 saturated heterocycles. The smallest absolute Gasteiger partial charge is 0.307 e. The van der Waals surface area contributed by atoms with Gasteiger partial charge in [-0.15, -0.1) is 0 Å². The molecular formula is C8H13NO3. The van der Waals surface area contributed by atoms with Gasteiger partial charge in [-0.05, 0) is 13.3 Å². The Bertz CT molecular complexity index is 224. The second kappa shape index (κ2) is 3.13. The third-order valence-corrected chi connectivity index (χ3v) is 2.09. The van der Waals surface area contributed by atoms with Crippen LogP contribution in [0.1, 0.15) is 33.1 Å². The van der Waals surface area contributed by atoms with Crippen LogP contribution >= 0.6 is 0 Å². The van der Waals surface area contributed by atoms with E-state index in [0.717, 1.165) is 5.71 Å². The van der Waals surface area contributed by atoms with Crippen molar-refractivity contribution in [3.05, 3.63) is 0 Å². The maximum atomic E-state index is 10.5. The highest BCUT2D eigenvalue weighted by Crippen LogP contribution is 2.30. The van der Waals surface area contributed by atoms with E-state index in [1.54, 1.807) is 0 Å². The van der Waals surface area contributed by atoms with Gasteiger partial charge in [-0.25, -0.2) is 0 Å². The first-order valence-corrected chi connectivity index (χ1v) is 4.01. The largest absolute Gasteiger partial charge is 0.481 e. The summed E-state index contributed by atoms with van der Waals surface area (Å²) in [4.78, 5) is 15.6. The number of carbonyl (C=O) groups is 1. The number of rotatable bonds is 3. The number of nitrogens with zero attached hydrogens (tertiary/aromatic N) is 1. The number of aliphatic carboxylic acids is 1. The predicted octanol–water partition coefficient (Wildman–Crippen LogP) is 1.41. The van der Waals surface area contributed by atoms with Gasteiger partial charge >= 0.3 is 5.97 Å². The average molecular weight is 171 g/mol. The molecule has 12 heavy (non-hydrogen) atoms. The molecule has 4 heteroatoms. The first-order chi connectivity index (χ1) is 5.58. The van der Waals surface area contributed by atoms with Gasteiger partial charge in [-0.3, -0.25) is 4.79 Å². The van der Waals surface area contributed by atoms with Gasteiger partial charge in [0.05, 0.1) is 12.1 Å². The summed E-state index contributed by atoms with van der Waals surface area (Å²) in [6.45, 7) is 3.76. The predicted molar refractivity (Wildman–Crippen MR) is 44.1 cm³/mol. The molecule has 1 N–H and O–H groups in total. The fourth-order valence-electron chi connectivity index (χ4n) is 1.39. The summed E-state index contributed by atoms with van der Waals surface area (Å²) >= 11 is 0. The molecule has 0 aromatic carbocycles. The Labute approximate surface area is 71.2 Å². The van der Waals surface area contributed by atoms with Crippen molar-refractivity contribution in [1.82, 2.24) is 0 Å². The molecule has 0 amide bonds. The topological polar surface area (TPSA) is 58.9 Å². The average Bonchev–Trinajstić information content (AvgIpc) is 2.32. The first-order valence-electron chi connectivity index (χ1n) is 4.01. The normalized spacial score (nSPS) is 28.0. The highest BCUT2D eigenvalue weighted by molar-refractivity contribution is 5.84. The lowest BCUT2D eigenvalue weighted by atomic mass is 9.91. The standard InChI is InChI=1S/C8H13NO3/c1-3-8(5-7(10)11)4-6(2)9-12-8/h3-5H2,1-2H3,(H,10,11). The Morgan fingerprint density at radius 2 is 2.50 bits per heavy atom. The van der Waals surface area contributed by atoms with Gasteiger partial charge in [0.15, 0.2) is 5.60 Å². The minimum Gasteiger partial charge on any atom is -0.481 e. The van der Waals surface area contributed by atoms with Crippen LogP contribution in [0.25, 0.3) is 0 Å². The Balaban J connectivity index is 2.61. The molecule has 1 aliphatic heterocycles. The number of hydrogen-bond acceptors (Lipinski definition) is 3. The monoisotopic (exact) mass is 171 g/mol. The zero-order chi connectivity index (χ0) is 9.19. The van der Waals surface area contributed by atoms with Gasteiger partial charge in [-0.1, -0.05) is 12.1 Å². The molecule has 0 saturated carbocycles. The number of hydrogen-bond donors (Lipinski definition) is 1. The molecule has 1 unspecified atom stereocenters. The van der Waals surface area contributed by atoms with E-state index in [2.05, 4.69) is 5.16 Å². The van der Waals surface area contributed by atoms with Crippen LogP contribution in [0, 0.1) is 0 Å². The summed E-state index contributed by atoms with van der Waals surface area (Å²) in [6.07, 6.45) is 1.35. The third-order valence-electron chi connectivity index (χ3n) is 2.09. The Hall–Kier alpha value is -1.06. The lowest BCUT2D eigenvalue weighted by Crippen LogP contribution is -2.31. The second-order valence-electron chi connectivity index (χ2n) is 3.20.